The van der Waals surface area contributed by atoms with Crippen molar-refractivity contribution in [2.24, 2.45) is 11.8 Å². The van der Waals surface area contributed by atoms with Crippen LogP contribution in [0, 0.1) is 16.5 Å². The van der Waals surface area contributed by atoms with Crippen molar-refractivity contribution < 1.29 is 9.59 Å². The van der Waals surface area contributed by atoms with Crippen LogP contribution in [0.4, 0.5) is 0 Å². The van der Waals surface area contributed by atoms with Crippen LogP contribution >= 0.6 is 12.2 Å². The molecule has 2 amide bonds. The summed E-state index contributed by atoms with van der Waals surface area (Å²) in [5, 5.41) is 0. The topological polar surface area (TPSA) is 59.7 Å². The molecule has 7 heteroatoms. The van der Waals surface area contributed by atoms with E-state index in [1.807, 2.05) is 9.80 Å². The summed E-state index contributed by atoms with van der Waals surface area (Å²) in [6.07, 6.45) is 2.93. The first-order valence-corrected chi connectivity index (χ1v) is 9.82. The van der Waals surface area contributed by atoms with Gasteiger partial charge in [-0.3, -0.25) is 14.5 Å². The Kier molecular flexibility index (Phi) is 6.09. The second kappa shape index (κ2) is 8.31. The fourth-order valence-electron chi connectivity index (χ4n) is 4.03. The van der Waals surface area contributed by atoms with Gasteiger partial charge in [-0.1, -0.05) is 26.1 Å². The van der Waals surface area contributed by atoms with Crippen molar-refractivity contribution in [3.63, 3.8) is 0 Å². The van der Waals surface area contributed by atoms with Gasteiger partial charge < -0.3 is 14.8 Å². The number of hydrogen-bond acceptors (Lipinski definition) is 4. The van der Waals surface area contributed by atoms with Gasteiger partial charge in [0, 0.05) is 45.5 Å². The third-order valence-corrected chi connectivity index (χ3v) is 5.63. The fraction of sp³-hybridized carbons (Fsp3) is 0.632. The van der Waals surface area contributed by atoms with Crippen LogP contribution in [0.5, 0.6) is 0 Å². The van der Waals surface area contributed by atoms with Crippen molar-refractivity contribution in [3.05, 3.63) is 28.5 Å². The van der Waals surface area contributed by atoms with E-state index in [9.17, 15) is 9.59 Å². The zero-order valence-electron chi connectivity index (χ0n) is 15.6. The van der Waals surface area contributed by atoms with E-state index in [1.165, 1.54) is 6.42 Å². The highest BCUT2D eigenvalue weighted by Gasteiger charge is 2.28. The summed E-state index contributed by atoms with van der Waals surface area (Å²) in [5.41, 5.74) is 0.545. The van der Waals surface area contributed by atoms with E-state index in [-0.39, 0.29) is 11.8 Å². The molecule has 1 N–H and O–H groups in total. The van der Waals surface area contributed by atoms with Gasteiger partial charge in [0.1, 0.15) is 4.64 Å². The third kappa shape index (κ3) is 4.51. The first-order chi connectivity index (χ1) is 12.4. The number of piperazine rings is 1. The lowest BCUT2D eigenvalue weighted by atomic mass is 9.92. The molecule has 0 aromatic carbocycles. The summed E-state index contributed by atoms with van der Waals surface area (Å²) in [4.78, 5) is 34.1. The summed E-state index contributed by atoms with van der Waals surface area (Å²) < 4.78 is 0.475. The number of carbonyl (C=O) groups is 2. The molecule has 0 saturated carbocycles. The van der Waals surface area contributed by atoms with Gasteiger partial charge in [0.05, 0.1) is 12.1 Å². The first kappa shape index (κ1) is 19.0. The summed E-state index contributed by atoms with van der Waals surface area (Å²) in [6.45, 7) is 9.32. The molecule has 2 aliphatic rings. The molecule has 6 nitrogen and oxygen atoms in total. The van der Waals surface area contributed by atoms with Crippen LogP contribution in [-0.4, -0.2) is 77.3 Å². The molecule has 3 heterocycles. The zero-order valence-corrected chi connectivity index (χ0v) is 16.4. The SMILES string of the molecule is C[C@H]1C[C@H](C)CN(C(=O)CN2CCN(C(=O)c3ccc[nH]c3=S)CC2)C1. The first-order valence-electron chi connectivity index (χ1n) is 9.41. The maximum atomic E-state index is 12.6. The normalized spacial score (nSPS) is 24.5. The van der Waals surface area contributed by atoms with E-state index in [2.05, 4.69) is 23.7 Å². The smallest absolute Gasteiger partial charge is 0.256 e. The number of aromatic nitrogens is 1. The Morgan fingerprint density at radius 2 is 1.77 bits per heavy atom. The maximum absolute atomic E-state index is 12.6. The number of rotatable bonds is 3. The molecule has 0 radical (unpaired) electrons. The van der Waals surface area contributed by atoms with Crippen molar-refractivity contribution in [1.29, 1.82) is 0 Å². The lowest BCUT2D eigenvalue weighted by Gasteiger charge is -2.38. The Balaban J connectivity index is 1.51. The van der Waals surface area contributed by atoms with Crippen molar-refractivity contribution >= 4 is 24.0 Å². The second-order valence-corrected chi connectivity index (χ2v) is 8.13. The minimum Gasteiger partial charge on any atom is -0.352 e. The molecule has 26 heavy (non-hydrogen) atoms. The summed E-state index contributed by atoms with van der Waals surface area (Å²) in [5.74, 6) is 1.34. The zero-order chi connectivity index (χ0) is 18.7. The Hall–Kier alpha value is -1.73. The van der Waals surface area contributed by atoms with Crippen LogP contribution in [0.25, 0.3) is 0 Å². The maximum Gasteiger partial charge on any atom is 0.256 e. The Morgan fingerprint density at radius 3 is 2.38 bits per heavy atom. The Labute approximate surface area is 160 Å². The van der Waals surface area contributed by atoms with Crippen molar-refractivity contribution in [2.75, 3.05) is 45.8 Å². The van der Waals surface area contributed by atoms with Crippen molar-refractivity contribution in [1.82, 2.24) is 19.7 Å². The number of carbonyl (C=O) groups excluding carboxylic acids is 2. The van der Waals surface area contributed by atoms with E-state index in [4.69, 9.17) is 12.2 Å². The molecule has 0 unspecified atom stereocenters. The van der Waals surface area contributed by atoms with Gasteiger partial charge in [0.2, 0.25) is 5.91 Å². The molecule has 142 valence electrons. The monoisotopic (exact) mass is 376 g/mol. The van der Waals surface area contributed by atoms with Gasteiger partial charge in [0.25, 0.3) is 5.91 Å². The lowest BCUT2D eigenvalue weighted by Crippen LogP contribution is -2.53. The molecule has 0 bridgehead atoms. The number of pyridine rings is 1. The lowest BCUT2D eigenvalue weighted by molar-refractivity contribution is -0.135. The number of piperidine rings is 1. The number of nitrogens with zero attached hydrogens (tertiary/aromatic N) is 3. The number of likely N-dealkylation sites (tertiary alicyclic amines) is 1. The van der Waals surface area contributed by atoms with Crippen LogP contribution in [0.3, 0.4) is 0 Å². The third-order valence-electron chi connectivity index (χ3n) is 5.29. The summed E-state index contributed by atoms with van der Waals surface area (Å²) >= 11 is 5.21. The molecule has 2 aliphatic heterocycles. The van der Waals surface area contributed by atoms with Crippen molar-refractivity contribution in [3.8, 4) is 0 Å². The largest absolute Gasteiger partial charge is 0.352 e. The minimum absolute atomic E-state index is 0.0310. The number of amides is 2. The molecule has 1 aromatic heterocycles. The Morgan fingerprint density at radius 1 is 1.12 bits per heavy atom. The summed E-state index contributed by atoms with van der Waals surface area (Å²) in [6, 6.07) is 3.55. The number of aromatic amines is 1. The standard InChI is InChI=1S/C19H28N4O2S/c1-14-10-15(2)12-23(11-14)17(24)13-21-6-8-22(9-7-21)19(25)16-4-3-5-20-18(16)26/h3-5,14-15H,6-13H2,1-2H3,(H,20,26)/t14-,15-/m0/s1. The van der Waals surface area contributed by atoms with Gasteiger partial charge in [-0.25, -0.2) is 0 Å². The minimum atomic E-state index is -0.0310. The average Bonchev–Trinajstić information content (AvgIpc) is 2.61. The molecule has 3 rings (SSSR count). The van der Waals surface area contributed by atoms with Crippen LogP contribution < -0.4 is 0 Å². The fourth-order valence-corrected chi connectivity index (χ4v) is 4.25. The highest BCUT2D eigenvalue weighted by atomic mass is 32.1. The number of hydrogen-bond donors (Lipinski definition) is 1. The molecule has 0 aliphatic carbocycles. The van der Waals surface area contributed by atoms with E-state index in [0.29, 0.717) is 41.7 Å². The molecule has 2 atom stereocenters. The van der Waals surface area contributed by atoms with E-state index in [0.717, 1.165) is 26.2 Å². The molecule has 2 saturated heterocycles. The van der Waals surface area contributed by atoms with Gasteiger partial charge in [-0.2, -0.15) is 0 Å². The van der Waals surface area contributed by atoms with Gasteiger partial charge in [-0.05, 0) is 30.4 Å². The molecule has 0 spiro atoms. The number of H-pyrrole nitrogens is 1. The van der Waals surface area contributed by atoms with Crippen LogP contribution in [-0.2, 0) is 4.79 Å². The Bertz CT molecular complexity index is 701. The van der Waals surface area contributed by atoms with Crippen molar-refractivity contribution in [2.45, 2.75) is 20.3 Å². The number of nitrogens with one attached hydrogen (secondary N) is 1. The molecular formula is C19H28N4O2S. The van der Waals surface area contributed by atoms with Gasteiger partial charge >= 0.3 is 0 Å². The average molecular weight is 377 g/mol. The van der Waals surface area contributed by atoms with Gasteiger partial charge in [0.15, 0.2) is 0 Å². The molecule has 1 aromatic rings. The molecular weight excluding hydrogens is 348 g/mol. The van der Waals surface area contributed by atoms with E-state index < -0.39 is 0 Å². The predicted octanol–water partition coefficient (Wildman–Crippen LogP) is 2.01. The second-order valence-electron chi connectivity index (χ2n) is 7.73. The van der Waals surface area contributed by atoms with E-state index >= 15 is 0 Å². The highest BCUT2D eigenvalue weighted by molar-refractivity contribution is 7.71. The predicted molar refractivity (Wildman–Crippen MR) is 103 cm³/mol. The van der Waals surface area contributed by atoms with Crippen LogP contribution in [0.1, 0.15) is 30.6 Å². The quantitative estimate of drug-likeness (QED) is 0.820. The highest BCUT2D eigenvalue weighted by Crippen LogP contribution is 2.21. The van der Waals surface area contributed by atoms with Crippen LogP contribution in [0.2, 0.25) is 0 Å². The van der Waals surface area contributed by atoms with E-state index in [1.54, 1.807) is 18.3 Å². The van der Waals surface area contributed by atoms with Crippen LogP contribution in [0.15, 0.2) is 18.3 Å². The molecule has 2 fully saturated rings. The van der Waals surface area contributed by atoms with Gasteiger partial charge in [-0.15, -0.1) is 0 Å². The summed E-state index contributed by atoms with van der Waals surface area (Å²) in [7, 11) is 0.